The van der Waals surface area contributed by atoms with Crippen molar-refractivity contribution >= 4 is 18.6 Å². The second kappa shape index (κ2) is 4.57. The highest BCUT2D eigenvalue weighted by molar-refractivity contribution is 7.80. The van der Waals surface area contributed by atoms with Crippen molar-refractivity contribution in [2.24, 2.45) is 11.7 Å². The maximum absolute atomic E-state index is 10.3. The molecule has 0 aromatic carbocycles. The number of rotatable bonds is 4. The third kappa shape index (κ3) is 3.74. The van der Waals surface area contributed by atoms with Gasteiger partial charge in [-0.05, 0) is 6.42 Å². The molecule has 0 aliphatic rings. The van der Waals surface area contributed by atoms with Crippen LogP contribution < -0.4 is 5.73 Å². The molecule has 0 saturated heterocycles. The van der Waals surface area contributed by atoms with Crippen LogP contribution in [0.4, 0.5) is 0 Å². The van der Waals surface area contributed by atoms with Crippen LogP contribution in [0.3, 0.4) is 0 Å². The van der Waals surface area contributed by atoms with Crippen LogP contribution in [0.5, 0.6) is 0 Å². The Balaban J connectivity index is 3.56. The van der Waals surface area contributed by atoms with E-state index in [1.807, 2.05) is 0 Å². The van der Waals surface area contributed by atoms with Gasteiger partial charge >= 0.3 is 5.97 Å². The zero-order chi connectivity index (χ0) is 8.15. The monoisotopic (exact) mass is 163 g/mol. The summed E-state index contributed by atoms with van der Waals surface area (Å²) in [6.45, 7) is 1.64. The molecule has 4 heteroatoms. The predicted octanol–water partition coefficient (Wildman–Crippen LogP) is 0.354. The summed E-state index contributed by atoms with van der Waals surface area (Å²) < 4.78 is 0. The summed E-state index contributed by atoms with van der Waals surface area (Å²) in [5.41, 5.74) is 5.47. The van der Waals surface area contributed by atoms with Crippen molar-refractivity contribution in [3.8, 4) is 0 Å². The van der Waals surface area contributed by atoms with Crippen LogP contribution in [0.15, 0.2) is 0 Å². The van der Waals surface area contributed by atoms with Gasteiger partial charge in [-0.25, -0.2) is 0 Å². The summed E-state index contributed by atoms with van der Waals surface area (Å²) in [5, 5.41) is 8.45. The van der Waals surface area contributed by atoms with Crippen LogP contribution >= 0.6 is 12.6 Å². The summed E-state index contributed by atoms with van der Waals surface area (Å²) in [6, 6.07) is -0.102. The molecule has 0 aromatic heterocycles. The molecule has 0 spiro atoms. The van der Waals surface area contributed by atoms with Crippen molar-refractivity contribution in [3.63, 3.8) is 0 Å². The van der Waals surface area contributed by atoms with Crippen LogP contribution in [0.1, 0.15) is 13.3 Å². The van der Waals surface area contributed by atoms with E-state index in [-0.39, 0.29) is 12.0 Å². The van der Waals surface area contributed by atoms with Gasteiger partial charge in [-0.1, -0.05) is 6.92 Å². The Morgan fingerprint density at radius 2 is 2.30 bits per heavy atom. The van der Waals surface area contributed by atoms with E-state index in [4.69, 9.17) is 10.8 Å². The van der Waals surface area contributed by atoms with Crippen LogP contribution in [0.2, 0.25) is 0 Å². The largest absolute Gasteiger partial charge is 0.481 e. The smallest absolute Gasteiger partial charge is 0.306 e. The normalized spacial score (nSPS) is 16.3. The van der Waals surface area contributed by atoms with Crippen molar-refractivity contribution in [1.29, 1.82) is 0 Å². The molecular formula is C6H13NO2S. The Morgan fingerprint density at radius 1 is 1.80 bits per heavy atom. The van der Waals surface area contributed by atoms with Gasteiger partial charge in [0.25, 0.3) is 0 Å². The van der Waals surface area contributed by atoms with E-state index in [9.17, 15) is 4.79 Å². The highest BCUT2D eigenvalue weighted by atomic mass is 32.1. The molecule has 0 heterocycles. The van der Waals surface area contributed by atoms with Crippen LogP contribution in [-0.2, 0) is 4.79 Å². The minimum absolute atomic E-state index is 0.102. The van der Waals surface area contributed by atoms with E-state index < -0.39 is 5.97 Å². The molecule has 0 saturated carbocycles. The Kier molecular flexibility index (Phi) is 4.47. The van der Waals surface area contributed by atoms with E-state index in [1.54, 1.807) is 6.92 Å². The number of nitrogens with two attached hydrogens (primary N) is 1. The van der Waals surface area contributed by atoms with Crippen molar-refractivity contribution in [2.75, 3.05) is 5.75 Å². The molecule has 0 aliphatic heterocycles. The third-order valence-corrected chi connectivity index (χ3v) is 1.78. The zero-order valence-corrected chi connectivity index (χ0v) is 6.84. The van der Waals surface area contributed by atoms with Gasteiger partial charge in [0, 0.05) is 11.8 Å². The number of carboxylic acids is 1. The van der Waals surface area contributed by atoms with Gasteiger partial charge in [0.1, 0.15) is 0 Å². The first kappa shape index (κ1) is 9.78. The molecule has 0 amide bonds. The van der Waals surface area contributed by atoms with Crippen molar-refractivity contribution < 1.29 is 9.90 Å². The summed E-state index contributed by atoms with van der Waals surface area (Å²) >= 11 is 3.94. The lowest BCUT2D eigenvalue weighted by Crippen LogP contribution is -2.27. The first-order chi connectivity index (χ1) is 4.57. The fourth-order valence-corrected chi connectivity index (χ4v) is 0.779. The second-order valence-corrected chi connectivity index (χ2v) is 2.78. The van der Waals surface area contributed by atoms with Crippen LogP contribution in [0.25, 0.3) is 0 Å². The number of carbonyl (C=O) groups is 1. The first-order valence-corrected chi connectivity index (χ1v) is 3.80. The highest BCUT2D eigenvalue weighted by Crippen LogP contribution is 2.04. The molecule has 0 radical (unpaired) electrons. The fourth-order valence-electron chi connectivity index (χ4n) is 0.629. The van der Waals surface area contributed by atoms with Crippen LogP contribution in [-0.4, -0.2) is 22.9 Å². The van der Waals surface area contributed by atoms with E-state index in [0.717, 1.165) is 0 Å². The van der Waals surface area contributed by atoms with E-state index in [1.165, 1.54) is 0 Å². The van der Waals surface area contributed by atoms with E-state index in [2.05, 4.69) is 12.6 Å². The number of thiol groups is 1. The van der Waals surface area contributed by atoms with Crippen molar-refractivity contribution in [1.82, 2.24) is 0 Å². The van der Waals surface area contributed by atoms with Crippen molar-refractivity contribution in [2.45, 2.75) is 19.4 Å². The molecular weight excluding hydrogens is 150 g/mol. The molecule has 0 aliphatic carbocycles. The molecule has 0 aromatic rings. The molecule has 0 bridgehead atoms. The topological polar surface area (TPSA) is 63.3 Å². The summed E-state index contributed by atoms with van der Waals surface area (Å²) in [5.74, 6) is -0.614. The lowest BCUT2D eigenvalue weighted by atomic mass is 10.0. The van der Waals surface area contributed by atoms with Crippen molar-refractivity contribution in [3.05, 3.63) is 0 Å². The average molecular weight is 163 g/mol. The lowest BCUT2D eigenvalue weighted by Gasteiger charge is -2.10. The minimum Gasteiger partial charge on any atom is -0.481 e. The van der Waals surface area contributed by atoms with Gasteiger partial charge in [-0.2, -0.15) is 12.6 Å². The quantitative estimate of drug-likeness (QED) is 0.524. The van der Waals surface area contributed by atoms with Gasteiger partial charge in [0.15, 0.2) is 0 Å². The summed E-state index contributed by atoms with van der Waals surface area (Å²) in [7, 11) is 0. The number of hydrogen-bond donors (Lipinski definition) is 3. The Hall–Kier alpha value is -0.220. The predicted molar refractivity (Wildman–Crippen MR) is 43.2 cm³/mol. The Bertz CT molecular complexity index is 118. The van der Waals surface area contributed by atoms with Gasteiger partial charge < -0.3 is 10.8 Å². The van der Waals surface area contributed by atoms with E-state index >= 15 is 0 Å². The summed E-state index contributed by atoms with van der Waals surface area (Å²) in [4.78, 5) is 10.3. The minimum atomic E-state index is -0.794. The summed E-state index contributed by atoms with van der Waals surface area (Å²) in [6.07, 6.45) is 0.499. The maximum Gasteiger partial charge on any atom is 0.306 e. The molecule has 3 nitrogen and oxygen atoms in total. The third-order valence-electron chi connectivity index (χ3n) is 1.31. The molecule has 0 fully saturated rings. The highest BCUT2D eigenvalue weighted by Gasteiger charge is 2.13. The number of aliphatic carboxylic acids is 1. The van der Waals surface area contributed by atoms with Gasteiger partial charge in [-0.3, -0.25) is 4.79 Å². The fraction of sp³-hybridized carbons (Fsp3) is 0.833. The average Bonchev–Trinajstić information content (AvgIpc) is 1.87. The SMILES string of the molecule is CC(C[C@@H](N)CS)C(=O)O. The van der Waals surface area contributed by atoms with Gasteiger partial charge in [0.05, 0.1) is 5.92 Å². The zero-order valence-electron chi connectivity index (χ0n) is 5.95. The molecule has 1 unspecified atom stereocenters. The van der Waals surface area contributed by atoms with Gasteiger partial charge in [-0.15, -0.1) is 0 Å². The molecule has 10 heavy (non-hydrogen) atoms. The maximum atomic E-state index is 10.3. The first-order valence-electron chi connectivity index (χ1n) is 3.17. The van der Waals surface area contributed by atoms with Gasteiger partial charge in [0.2, 0.25) is 0 Å². The standard InChI is InChI=1S/C6H13NO2S/c1-4(6(8)9)2-5(7)3-10/h4-5,10H,2-3,7H2,1H3,(H,8,9)/t4?,5-/m1/s1. The second-order valence-electron chi connectivity index (χ2n) is 2.42. The molecule has 3 N–H and O–H groups in total. The molecule has 60 valence electrons. The Morgan fingerprint density at radius 3 is 2.60 bits per heavy atom. The number of carboxylic acid groups (broad SMARTS) is 1. The number of hydrogen-bond acceptors (Lipinski definition) is 3. The molecule has 0 rings (SSSR count). The lowest BCUT2D eigenvalue weighted by molar-refractivity contribution is -0.141. The van der Waals surface area contributed by atoms with E-state index in [0.29, 0.717) is 12.2 Å². The van der Waals surface area contributed by atoms with Crippen LogP contribution in [0, 0.1) is 5.92 Å². The molecule has 2 atom stereocenters. The Labute approximate surface area is 66.0 Å².